The van der Waals surface area contributed by atoms with Crippen LogP contribution in [-0.4, -0.2) is 54.5 Å². The van der Waals surface area contributed by atoms with E-state index in [-0.39, 0.29) is 18.0 Å². The highest BCUT2D eigenvalue weighted by Gasteiger charge is 2.37. The maximum absolute atomic E-state index is 12.2. The number of aromatic nitrogens is 1. The van der Waals surface area contributed by atoms with Gasteiger partial charge in [-0.2, -0.15) is 4.31 Å². The van der Waals surface area contributed by atoms with Crippen LogP contribution in [0.2, 0.25) is 0 Å². The highest BCUT2D eigenvalue weighted by atomic mass is 32.2. The number of nitrogens with zero attached hydrogens (tertiary/aromatic N) is 1. The van der Waals surface area contributed by atoms with Gasteiger partial charge in [0.15, 0.2) is 0 Å². The van der Waals surface area contributed by atoms with Crippen molar-refractivity contribution in [1.82, 2.24) is 14.6 Å². The molecule has 1 unspecified atom stereocenters. The van der Waals surface area contributed by atoms with Crippen molar-refractivity contribution in [1.29, 1.82) is 0 Å². The van der Waals surface area contributed by atoms with Crippen LogP contribution in [0.15, 0.2) is 23.4 Å². The van der Waals surface area contributed by atoms with Crippen molar-refractivity contribution in [2.45, 2.75) is 10.9 Å². The molecule has 1 aliphatic heterocycles. The molecule has 2 heterocycles. The zero-order valence-electron chi connectivity index (χ0n) is 8.96. The first-order chi connectivity index (χ1) is 8.03. The number of carbonyl (C=O) groups is 1. The van der Waals surface area contributed by atoms with Crippen molar-refractivity contribution in [3.63, 3.8) is 0 Å². The van der Waals surface area contributed by atoms with E-state index in [9.17, 15) is 13.2 Å². The fraction of sp³-hybridized carbons (Fsp3) is 0.444. The van der Waals surface area contributed by atoms with Crippen LogP contribution in [0.3, 0.4) is 0 Å². The molecule has 1 saturated heterocycles. The number of sulfonamides is 1. The number of hydrogen-bond donors (Lipinski definition) is 3. The van der Waals surface area contributed by atoms with Crippen LogP contribution in [-0.2, 0) is 14.8 Å². The second-order valence-electron chi connectivity index (χ2n) is 3.72. The van der Waals surface area contributed by atoms with Gasteiger partial charge in [-0.25, -0.2) is 8.42 Å². The fourth-order valence-corrected chi connectivity index (χ4v) is 3.35. The van der Waals surface area contributed by atoms with Crippen molar-refractivity contribution < 1.29 is 18.3 Å². The number of piperazine rings is 1. The Morgan fingerprint density at radius 1 is 1.53 bits per heavy atom. The normalized spacial score (nSPS) is 22.5. The molecular weight excluding hydrogens is 246 g/mol. The molecule has 0 amide bonds. The predicted octanol–water partition coefficient (Wildman–Crippen LogP) is -0.938. The Morgan fingerprint density at radius 3 is 2.88 bits per heavy atom. The molecule has 7 nitrogen and oxygen atoms in total. The molecule has 0 bridgehead atoms. The van der Waals surface area contributed by atoms with Gasteiger partial charge >= 0.3 is 5.97 Å². The van der Waals surface area contributed by atoms with Gasteiger partial charge in [-0.3, -0.25) is 4.79 Å². The molecule has 1 aromatic rings. The summed E-state index contributed by atoms with van der Waals surface area (Å²) in [5, 5.41) is 11.9. The van der Waals surface area contributed by atoms with Crippen LogP contribution in [0.4, 0.5) is 0 Å². The Labute approximate surface area is 98.5 Å². The molecule has 8 heteroatoms. The highest BCUT2D eigenvalue weighted by Crippen LogP contribution is 2.18. The van der Waals surface area contributed by atoms with E-state index < -0.39 is 22.0 Å². The molecule has 0 spiro atoms. The summed E-state index contributed by atoms with van der Waals surface area (Å²) in [6.45, 7) is 0.733. The molecule has 1 atom stereocenters. The lowest BCUT2D eigenvalue weighted by Crippen LogP contribution is -2.56. The summed E-state index contributed by atoms with van der Waals surface area (Å²) >= 11 is 0. The molecule has 0 saturated carbocycles. The molecule has 1 aliphatic rings. The average molecular weight is 259 g/mol. The van der Waals surface area contributed by atoms with E-state index in [1.807, 2.05) is 0 Å². The summed E-state index contributed by atoms with van der Waals surface area (Å²) in [4.78, 5) is 13.8. The Kier molecular flexibility index (Phi) is 3.18. The maximum Gasteiger partial charge on any atom is 0.323 e. The monoisotopic (exact) mass is 259 g/mol. The Balaban J connectivity index is 2.34. The molecule has 0 radical (unpaired) electrons. The van der Waals surface area contributed by atoms with Crippen molar-refractivity contribution in [3.8, 4) is 0 Å². The van der Waals surface area contributed by atoms with E-state index >= 15 is 0 Å². The summed E-state index contributed by atoms with van der Waals surface area (Å²) in [6.07, 6.45) is 2.83. The standard InChI is InChI=1S/C9H13N3O4S/c13-9(14)8-6-11-3-4-12(8)17(15,16)7-1-2-10-5-7/h1-2,5,8,10-11H,3-4,6H2,(H,13,14). The zero-order chi connectivity index (χ0) is 12.5. The minimum absolute atomic E-state index is 0.0886. The van der Waals surface area contributed by atoms with Crippen LogP contribution in [0, 0.1) is 0 Å². The van der Waals surface area contributed by atoms with Gasteiger partial charge in [-0.1, -0.05) is 0 Å². The molecule has 94 valence electrons. The van der Waals surface area contributed by atoms with Gasteiger partial charge in [-0.15, -0.1) is 0 Å². The van der Waals surface area contributed by atoms with Crippen molar-refractivity contribution in [2.24, 2.45) is 0 Å². The Hall–Kier alpha value is -1.38. The molecule has 0 aromatic carbocycles. The largest absolute Gasteiger partial charge is 0.480 e. The highest BCUT2D eigenvalue weighted by molar-refractivity contribution is 7.89. The van der Waals surface area contributed by atoms with Gasteiger partial charge in [0.1, 0.15) is 6.04 Å². The minimum Gasteiger partial charge on any atom is -0.480 e. The molecule has 0 aliphatic carbocycles. The van der Waals surface area contributed by atoms with Crippen LogP contribution < -0.4 is 5.32 Å². The smallest absolute Gasteiger partial charge is 0.323 e. The molecular formula is C9H13N3O4S. The van der Waals surface area contributed by atoms with Crippen molar-refractivity contribution in [2.75, 3.05) is 19.6 Å². The van der Waals surface area contributed by atoms with Crippen LogP contribution in [0.5, 0.6) is 0 Å². The molecule has 2 rings (SSSR count). The third-order valence-corrected chi connectivity index (χ3v) is 4.56. The lowest BCUT2D eigenvalue weighted by Gasteiger charge is -2.32. The Bertz CT molecular complexity index is 496. The van der Waals surface area contributed by atoms with E-state index in [0.29, 0.717) is 6.54 Å². The summed E-state index contributed by atoms with van der Waals surface area (Å²) in [5.74, 6) is -1.14. The number of H-pyrrole nitrogens is 1. The number of hydrogen-bond acceptors (Lipinski definition) is 4. The first-order valence-electron chi connectivity index (χ1n) is 5.11. The van der Waals surface area contributed by atoms with Crippen molar-refractivity contribution >= 4 is 16.0 Å². The summed E-state index contributed by atoms with van der Waals surface area (Å²) in [6, 6.07) is 0.361. The first-order valence-corrected chi connectivity index (χ1v) is 6.55. The fourth-order valence-electron chi connectivity index (χ4n) is 1.79. The molecule has 3 N–H and O–H groups in total. The van der Waals surface area contributed by atoms with E-state index in [0.717, 1.165) is 4.31 Å². The minimum atomic E-state index is -3.73. The number of carboxylic acids is 1. The van der Waals surface area contributed by atoms with Gasteiger partial charge in [0.2, 0.25) is 10.0 Å². The van der Waals surface area contributed by atoms with E-state index in [1.54, 1.807) is 0 Å². The van der Waals surface area contributed by atoms with Gasteiger partial charge in [-0.05, 0) is 6.07 Å². The Morgan fingerprint density at radius 2 is 2.29 bits per heavy atom. The number of rotatable bonds is 3. The van der Waals surface area contributed by atoms with Gasteiger partial charge in [0, 0.05) is 32.0 Å². The van der Waals surface area contributed by atoms with Crippen LogP contribution in [0.1, 0.15) is 0 Å². The lowest BCUT2D eigenvalue weighted by molar-refractivity contribution is -0.141. The topological polar surface area (TPSA) is 102 Å². The number of nitrogens with one attached hydrogen (secondary N) is 2. The van der Waals surface area contributed by atoms with E-state index in [4.69, 9.17) is 5.11 Å². The first kappa shape index (κ1) is 12.1. The molecule has 1 fully saturated rings. The number of aromatic amines is 1. The summed E-state index contributed by atoms with van der Waals surface area (Å²) < 4.78 is 25.4. The lowest BCUT2D eigenvalue weighted by atomic mass is 10.2. The van der Waals surface area contributed by atoms with E-state index in [2.05, 4.69) is 10.3 Å². The second kappa shape index (κ2) is 4.47. The predicted molar refractivity (Wildman–Crippen MR) is 59.0 cm³/mol. The number of carboxylic acid groups (broad SMARTS) is 1. The van der Waals surface area contributed by atoms with Gasteiger partial charge in [0.25, 0.3) is 0 Å². The van der Waals surface area contributed by atoms with Gasteiger partial charge in [0.05, 0.1) is 4.90 Å². The molecule has 17 heavy (non-hydrogen) atoms. The number of aliphatic carboxylic acids is 1. The maximum atomic E-state index is 12.2. The quantitative estimate of drug-likeness (QED) is 0.650. The van der Waals surface area contributed by atoms with Gasteiger partial charge < -0.3 is 15.4 Å². The van der Waals surface area contributed by atoms with E-state index in [1.165, 1.54) is 18.5 Å². The third kappa shape index (κ3) is 2.19. The zero-order valence-corrected chi connectivity index (χ0v) is 9.77. The van der Waals surface area contributed by atoms with Crippen LogP contribution in [0.25, 0.3) is 0 Å². The SMILES string of the molecule is O=C(O)C1CNCCN1S(=O)(=O)c1cc[nH]c1. The second-order valence-corrected chi connectivity index (χ2v) is 5.61. The average Bonchev–Trinajstić information content (AvgIpc) is 2.83. The van der Waals surface area contributed by atoms with Crippen LogP contribution >= 0.6 is 0 Å². The summed E-state index contributed by atoms with van der Waals surface area (Å²) in [5.41, 5.74) is 0. The third-order valence-electron chi connectivity index (χ3n) is 2.66. The molecule has 1 aromatic heterocycles. The van der Waals surface area contributed by atoms with Crippen molar-refractivity contribution in [3.05, 3.63) is 18.5 Å². The summed E-state index contributed by atoms with van der Waals surface area (Å²) in [7, 11) is -3.73.